The van der Waals surface area contributed by atoms with Gasteiger partial charge in [-0.05, 0) is 81.6 Å². The largest absolute Gasteiger partial charge is 0.310 e. The molecule has 0 spiro atoms. The maximum absolute atomic E-state index is 3.60. The van der Waals surface area contributed by atoms with E-state index in [0.717, 1.165) is 21.5 Å². The molecule has 1 nitrogen and oxygen atoms in total. The van der Waals surface area contributed by atoms with Crippen molar-refractivity contribution in [2.45, 2.75) is 0 Å². The average molecular weight is 526 g/mol. The summed E-state index contributed by atoms with van der Waals surface area (Å²) in [6.07, 6.45) is 0. The minimum Gasteiger partial charge on any atom is -0.310 e. The van der Waals surface area contributed by atoms with Gasteiger partial charge in [0.05, 0.1) is 0 Å². The van der Waals surface area contributed by atoms with Crippen LogP contribution in [-0.4, -0.2) is 0 Å². The highest BCUT2D eigenvalue weighted by molar-refractivity contribution is 9.10. The molecule has 0 aliphatic heterocycles. The summed E-state index contributed by atoms with van der Waals surface area (Å²) in [5.41, 5.74) is 8.21. The van der Waals surface area contributed by atoms with Crippen molar-refractivity contribution in [2.75, 3.05) is 4.90 Å². The number of rotatable bonds is 5. The van der Waals surface area contributed by atoms with E-state index in [-0.39, 0.29) is 0 Å². The molecular weight excluding hydrogens is 502 g/mol. The van der Waals surface area contributed by atoms with Crippen LogP contribution < -0.4 is 4.90 Å². The highest BCUT2D eigenvalue weighted by atomic mass is 79.9. The van der Waals surface area contributed by atoms with Crippen molar-refractivity contribution in [2.24, 2.45) is 0 Å². The molecule has 0 fully saturated rings. The summed E-state index contributed by atoms with van der Waals surface area (Å²) in [6.45, 7) is 0. The van der Waals surface area contributed by atoms with Crippen LogP contribution in [0.2, 0.25) is 0 Å². The van der Waals surface area contributed by atoms with Gasteiger partial charge in [0.1, 0.15) is 0 Å². The predicted molar refractivity (Wildman–Crippen MR) is 157 cm³/mol. The van der Waals surface area contributed by atoms with E-state index >= 15 is 0 Å². The first-order chi connectivity index (χ1) is 17.7. The normalized spacial score (nSPS) is 10.9. The van der Waals surface area contributed by atoms with E-state index in [9.17, 15) is 0 Å². The molecule has 6 aromatic carbocycles. The topological polar surface area (TPSA) is 3.24 Å². The van der Waals surface area contributed by atoms with Gasteiger partial charge in [0.2, 0.25) is 0 Å². The molecule has 0 amide bonds. The predicted octanol–water partition coefficient (Wildman–Crippen LogP) is 10.4. The van der Waals surface area contributed by atoms with Crippen molar-refractivity contribution >= 4 is 43.8 Å². The lowest BCUT2D eigenvalue weighted by molar-refractivity contribution is 1.29. The Labute approximate surface area is 220 Å². The lowest BCUT2D eigenvalue weighted by Crippen LogP contribution is -2.10. The smallest absolute Gasteiger partial charge is 0.0468 e. The van der Waals surface area contributed by atoms with Crippen molar-refractivity contribution in [3.05, 3.63) is 150 Å². The first kappa shape index (κ1) is 22.3. The van der Waals surface area contributed by atoms with Gasteiger partial charge in [-0.3, -0.25) is 0 Å². The highest BCUT2D eigenvalue weighted by Crippen LogP contribution is 2.38. The molecule has 2 heteroatoms. The Kier molecular flexibility index (Phi) is 6.11. The van der Waals surface area contributed by atoms with Gasteiger partial charge >= 0.3 is 0 Å². The third kappa shape index (κ3) is 4.56. The molecular formula is C34H24BrN. The molecule has 0 saturated heterocycles. The zero-order valence-corrected chi connectivity index (χ0v) is 21.3. The second kappa shape index (κ2) is 9.85. The minimum absolute atomic E-state index is 1.09. The molecule has 172 valence electrons. The van der Waals surface area contributed by atoms with Crippen LogP contribution in [0, 0.1) is 0 Å². The van der Waals surface area contributed by atoms with Crippen LogP contribution in [0.15, 0.2) is 150 Å². The molecule has 36 heavy (non-hydrogen) atoms. The van der Waals surface area contributed by atoms with E-state index in [1.54, 1.807) is 0 Å². The standard InChI is InChI=1S/C34H24BrN/c35-31-18-14-30-24-34(21-17-29(30)22-31)36(32-19-15-27(16-20-32)25-8-3-1-4-9-25)33-13-7-12-28(23-33)26-10-5-2-6-11-26/h1-24H. The highest BCUT2D eigenvalue weighted by Gasteiger charge is 2.14. The third-order valence-corrected chi connectivity index (χ3v) is 6.98. The molecule has 0 aromatic heterocycles. The van der Waals surface area contributed by atoms with Crippen LogP contribution in [0.3, 0.4) is 0 Å². The van der Waals surface area contributed by atoms with Crippen LogP contribution in [0.1, 0.15) is 0 Å². The van der Waals surface area contributed by atoms with Crippen LogP contribution >= 0.6 is 15.9 Å². The summed E-state index contributed by atoms with van der Waals surface area (Å²) in [5.74, 6) is 0. The summed E-state index contributed by atoms with van der Waals surface area (Å²) in [6, 6.07) is 51.8. The van der Waals surface area contributed by atoms with Gasteiger partial charge in [-0.2, -0.15) is 0 Å². The number of hydrogen-bond acceptors (Lipinski definition) is 1. The van der Waals surface area contributed by atoms with Crippen molar-refractivity contribution < 1.29 is 0 Å². The molecule has 0 aliphatic carbocycles. The van der Waals surface area contributed by atoms with Crippen molar-refractivity contribution in [3.8, 4) is 22.3 Å². The zero-order valence-electron chi connectivity index (χ0n) is 19.7. The Morgan fingerprint density at radius 3 is 1.61 bits per heavy atom. The van der Waals surface area contributed by atoms with Crippen molar-refractivity contribution in [1.82, 2.24) is 0 Å². The molecule has 0 saturated carbocycles. The van der Waals surface area contributed by atoms with Crippen molar-refractivity contribution in [3.63, 3.8) is 0 Å². The van der Waals surface area contributed by atoms with Gasteiger partial charge in [-0.25, -0.2) is 0 Å². The number of anilines is 3. The SMILES string of the molecule is Brc1ccc2cc(N(c3ccc(-c4ccccc4)cc3)c3cccc(-c4ccccc4)c3)ccc2c1. The fourth-order valence-electron chi connectivity index (χ4n) is 4.68. The number of halogens is 1. The number of fused-ring (bicyclic) bond motifs is 1. The van der Waals surface area contributed by atoms with Gasteiger partial charge in [0.15, 0.2) is 0 Å². The Hall–Kier alpha value is -4.14. The lowest BCUT2D eigenvalue weighted by atomic mass is 10.0. The molecule has 0 aliphatic rings. The molecule has 0 radical (unpaired) electrons. The number of benzene rings is 6. The number of nitrogens with zero attached hydrogens (tertiary/aromatic N) is 1. The Morgan fingerprint density at radius 2 is 0.889 bits per heavy atom. The second-order valence-corrected chi connectivity index (χ2v) is 9.76. The van der Waals surface area contributed by atoms with Crippen LogP contribution in [0.25, 0.3) is 33.0 Å². The maximum atomic E-state index is 3.60. The van der Waals surface area contributed by atoms with E-state index in [0.29, 0.717) is 0 Å². The van der Waals surface area contributed by atoms with Crippen LogP contribution in [0.5, 0.6) is 0 Å². The summed E-state index contributed by atoms with van der Waals surface area (Å²) in [5, 5.41) is 2.42. The minimum atomic E-state index is 1.09. The van der Waals surface area contributed by atoms with E-state index in [1.807, 2.05) is 0 Å². The number of hydrogen-bond donors (Lipinski definition) is 0. The average Bonchev–Trinajstić information content (AvgIpc) is 2.95. The van der Waals surface area contributed by atoms with Gasteiger partial charge in [-0.1, -0.05) is 113 Å². The summed E-state index contributed by atoms with van der Waals surface area (Å²) >= 11 is 3.60. The molecule has 0 N–H and O–H groups in total. The Morgan fingerprint density at radius 1 is 0.361 bits per heavy atom. The Bertz CT molecular complexity index is 1620. The molecule has 6 aromatic rings. The van der Waals surface area contributed by atoms with Crippen LogP contribution in [0.4, 0.5) is 17.1 Å². The van der Waals surface area contributed by atoms with Gasteiger partial charge in [-0.15, -0.1) is 0 Å². The fraction of sp³-hybridized carbons (Fsp3) is 0. The Balaban J connectivity index is 1.48. The van der Waals surface area contributed by atoms with E-state index in [2.05, 4.69) is 166 Å². The van der Waals surface area contributed by atoms with Gasteiger partial charge in [0, 0.05) is 21.5 Å². The molecule has 6 rings (SSSR count). The summed E-state index contributed by atoms with van der Waals surface area (Å²) < 4.78 is 1.09. The maximum Gasteiger partial charge on any atom is 0.0468 e. The zero-order chi connectivity index (χ0) is 24.3. The molecule has 0 heterocycles. The van der Waals surface area contributed by atoms with Crippen molar-refractivity contribution in [1.29, 1.82) is 0 Å². The fourth-order valence-corrected chi connectivity index (χ4v) is 5.06. The quantitative estimate of drug-likeness (QED) is 0.216. The van der Waals surface area contributed by atoms with E-state index < -0.39 is 0 Å². The van der Waals surface area contributed by atoms with Gasteiger partial charge in [0.25, 0.3) is 0 Å². The first-order valence-corrected chi connectivity index (χ1v) is 12.8. The third-order valence-electron chi connectivity index (χ3n) is 6.49. The molecule has 0 bridgehead atoms. The monoisotopic (exact) mass is 525 g/mol. The summed E-state index contributed by atoms with van der Waals surface area (Å²) in [7, 11) is 0. The second-order valence-electron chi connectivity index (χ2n) is 8.84. The lowest BCUT2D eigenvalue weighted by Gasteiger charge is -2.26. The van der Waals surface area contributed by atoms with Gasteiger partial charge < -0.3 is 4.90 Å². The summed E-state index contributed by atoms with van der Waals surface area (Å²) in [4.78, 5) is 2.34. The molecule has 0 unspecified atom stereocenters. The van der Waals surface area contributed by atoms with E-state index in [4.69, 9.17) is 0 Å². The van der Waals surface area contributed by atoms with E-state index in [1.165, 1.54) is 33.0 Å². The molecule has 0 atom stereocenters. The first-order valence-electron chi connectivity index (χ1n) is 12.0. The van der Waals surface area contributed by atoms with Crippen LogP contribution in [-0.2, 0) is 0 Å².